The molecule has 8 nitrogen and oxygen atoms in total. The van der Waals surface area contributed by atoms with Crippen LogP contribution < -0.4 is 10.5 Å². The molecule has 1 aromatic heterocycles. The Labute approximate surface area is 171 Å². The Morgan fingerprint density at radius 3 is 2.69 bits per heavy atom. The van der Waals surface area contributed by atoms with E-state index in [-0.39, 0.29) is 34.6 Å². The van der Waals surface area contributed by atoms with Crippen molar-refractivity contribution in [1.29, 1.82) is 5.26 Å². The third-order valence-electron chi connectivity index (χ3n) is 5.32. The average molecular weight is 416 g/mol. The number of aromatic nitrogens is 2. The number of rotatable bonds is 5. The normalized spacial score (nSPS) is 17.8. The lowest BCUT2D eigenvalue weighted by Gasteiger charge is -2.32. The highest BCUT2D eigenvalue weighted by Gasteiger charge is 2.33. The van der Waals surface area contributed by atoms with E-state index in [0.717, 1.165) is 5.69 Å². The van der Waals surface area contributed by atoms with E-state index in [1.54, 1.807) is 18.3 Å². The van der Waals surface area contributed by atoms with Crippen molar-refractivity contribution in [1.82, 2.24) is 14.1 Å². The number of nitrogens with zero attached hydrogens (tertiary/aromatic N) is 5. The summed E-state index contributed by atoms with van der Waals surface area (Å²) in [4.78, 5) is 14.6. The van der Waals surface area contributed by atoms with Crippen LogP contribution in [0.3, 0.4) is 0 Å². The minimum atomic E-state index is -3.83. The van der Waals surface area contributed by atoms with E-state index in [4.69, 9.17) is 0 Å². The van der Waals surface area contributed by atoms with Crippen LogP contribution in [0.15, 0.2) is 46.2 Å². The van der Waals surface area contributed by atoms with Gasteiger partial charge in [0.1, 0.15) is 6.07 Å². The van der Waals surface area contributed by atoms with Crippen molar-refractivity contribution in [3.8, 4) is 6.07 Å². The molecule has 0 amide bonds. The van der Waals surface area contributed by atoms with Gasteiger partial charge < -0.3 is 4.90 Å². The molecular formula is C20H25N5O3S. The summed E-state index contributed by atoms with van der Waals surface area (Å²) in [5.41, 5.74) is 0.590. The van der Waals surface area contributed by atoms with E-state index in [2.05, 4.69) is 5.10 Å². The maximum absolute atomic E-state index is 13.1. The number of benzene rings is 1. The number of piperidine rings is 1. The van der Waals surface area contributed by atoms with Gasteiger partial charge in [-0.2, -0.15) is 14.7 Å². The maximum atomic E-state index is 13.1. The lowest BCUT2D eigenvalue weighted by molar-refractivity contribution is 0.247. The van der Waals surface area contributed by atoms with Gasteiger partial charge in [0.2, 0.25) is 10.0 Å². The standard InChI is InChI=1S/C20H25N5O3S/c1-15(2)23(3)18-11-20(26)25(22-13-18)17-8-6-10-24(14-17)29(27,28)19-9-5-4-7-16(19)12-21/h4-5,7,9,11,13,15,17H,6,8,10,14H2,1-3H3/t17-/m1/s1. The summed E-state index contributed by atoms with van der Waals surface area (Å²) in [6, 6.07) is 9.52. The summed E-state index contributed by atoms with van der Waals surface area (Å²) in [7, 11) is -1.94. The van der Waals surface area contributed by atoms with E-state index >= 15 is 0 Å². The van der Waals surface area contributed by atoms with Crippen LogP contribution in [0.5, 0.6) is 0 Å². The molecule has 0 saturated carbocycles. The fourth-order valence-corrected chi connectivity index (χ4v) is 5.09. The predicted octanol–water partition coefficient (Wildman–Crippen LogP) is 1.99. The first-order valence-electron chi connectivity index (χ1n) is 9.56. The predicted molar refractivity (Wildman–Crippen MR) is 110 cm³/mol. The molecule has 1 fully saturated rings. The monoisotopic (exact) mass is 415 g/mol. The van der Waals surface area contributed by atoms with Crippen LogP contribution in [0.2, 0.25) is 0 Å². The molecule has 9 heteroatoms. The van der Waals surface area contributed by atoms with Gasteiger partial charge in [-0.1, -0.05) is 12.1 Å². The van der Waals surface area contributed by atoms with Crippen LogP contribution in [0, 0.1) is 11.3 Å². The third-order valence-corrected chi connectivity index (χ3v) is 7.25. The largest absolute Gasteiger partial charge is 0.371 e. The van der Waals surface area contributed by atoms with Gasteiger partial charge in [0.25, 0.3) is 5.56 Å². The third kappa shape index (κ3) is 4.18. The Balaban J connectivity index is 1.88. The molecule has 0 unspecified atom stereocenters. The zero-order valence-corrected chi connectivity index (χ0v) is 17.6. The van der Waals surface area contributed by atoms with Gasteiger partial charge in [0.15, 0.2) is 0 Å². The second-order valence-corrected chi connectivity index (χ2v) is 9.37. The van der Waals surface area contributed by atoms with Crippen LogP contribution in [-0.2, 0) is 10.0 Å². The summed E-state index contributed by atoms with van der Waals surface area (Å²) >= 11 is 0. The van der Waals surface area contributed by atoms with E-state index < -0.39 is 10.0 Å². The first kappa shape index (κ1) is 21.0. The number of hydrogen-bond donors (Lipinski definition) is 0. The molecule has 0 radical (unpaired) electrons. The molecule has 154 valence electrons. The van der Waals surface area contributed by atoms with Gasteiger partial charge in [-0.3, -0.25) is 4.79 Å². The molecule has 0 N–H and O–H groups in total. The molecule has 1 saturated heterocycles. The SMILES string of the molecule is CC(C)N(C)c1cnn([C@@H]2CCCN(S(=O)(=O)c3ccccc3C#N)C2)c(=O)c1. The van der Waals surface area contributed by atoms with Crippen molar-refractivity contribution < 1.29 is 8.42 Å². The van der Waals surface area contributed by atoms with Crippen molar-refractivity contribution in [3.63, 3.8) is 0 Å². The van der Waals surface area contributed by atoms with Crippen molar-refractivity contribution in [2.24, 2.45) is 0 Å². The Morgan fingerprint density at radius 2 is 2.03 bits per heavy atom. The summed E-state index contributed by atoms with van der Waals surface area (Å²) in [6.45, 7) is 4.54. The zero-order chi connectivity index (χ0) is 21.2. The summed E-state index contributed by atoms with van der Waals surface area (Å²) in [6.07, 6.45) is 2.92. The van der Waals surface area contributed by atoms with Crippen LogP contribution in [-0.4, -0.2) is 48.7 Å². The van der Waals surface area contributed by atoms with Crippen molar-refractivity contribution >= 4 is 15.7 Å². The van der Waals surface area contributed by atoms with Gasteiger partial charge in [-0.05, 0) is 38.8 Å². The first-order valence-corrected chi connectivity index (χ1v) is 11.0. The van der Waals surface area contributed by atoms with Gasteiger partial charge in [-0.15, -0.1) is 0 Å². The van der Waals surface area contributed by atoms with E-state index in [1.165, 1.54) is 27.2 Å². The Hall–Kier alpha value is -2.70. The van der Waals surface area contributed by atoms with Crippen molar-refractivity contribution in [3.05, 3.63) is 52.4 Å². The van der Waals surface area contributed by atoms with Gasteiger partial charge in [-0.25, -0.2) is 13.1 Å². The molecule has 1 atom stereocenters. The molecule has 1 aliphatic rings. The minimum Gasteiger partial charge on any atom is -0.371 e. The van der Waals surface area contributed by atoms with E-state index in [0.29, 0.717) is 19.4 Å². The molecule has 2 aromatic rings. The number of sulfonamides is 1. The van der Waals surface area contributed by atoms with E-state index in [9.17, 15) is 18.5 Å². The number of nitriles is 1. The van der Waals surface area contributed by atoms with Crippen LogP contribution in [0.25, 0.3) is 0 Å². The first-order chi connectivity index (χ1) is 13.8. The maximum Gasteiger partial charge on any atom is 0.269 e. The topological polar surface area (TPSA) is 99.3 Å². The molecule has 0 aliphatic carbocycles. The number of anilines is 1. The fourth-order valence-electron chi connectivity index (χ4n) is 3.44. The van der Waals surface area contributed by atoms with Crippen molar-refractivity contribution in [2.75, 3.05) is 25.0 Å². The Morgan fingerprint density at radius 1 is 1.31 bits per heavy atom. The smallest absolute Gasteiger partial charge is 0.269 e. The van der Waals surface area contributed by atoms with Crippen LogP contribution >= 0.6 is 0 Å². The fraction of sp³-hybridized carbons (Fsp3) is 0.450. The highest BCUT2D eigenvalue weighted by atomic mass is 32.2. The molecule has 3 rings (SSSR count). The summed E-state index contributed by atoms with van der Waals surface area (Å²) < 4.78 is 28.9. The van der Waals surface area contributed by atoms with E-state index in [1.807, 2.05) is 31.9 Å². The summed E-state index contributed by atoms with van der Waals surface area (Å²) in [5, 5.41) is 13.6. The second kappa shape index (κ2) is 8.35. The Kier molecular flexibility index (Phi) is 6.05. The lowest BCUT2D eigenvalue weighted by Crippen LogP contribution is -2.43. The van der Waals surface area contributed by atoms with Crippen molar-refractivity contribution in [2.45, 2.75) is 43.7 Å². The lowest BCUT2D eigenvalue weighted by atomic mass is 10.1. The van der Waals surface area contributed by atoms with Gasteiger partial charge >= 0.3 is 0 Å². The quantitative estimate of drug-likeness (QED) is 0.740. The highest BCUT2D eigenvalue weighted by molar-refractivity contribution is 7.89. The molecule has 0 bridgehead atoms. The highest BCUT2D eigenvalue weighted by Crippen LogP contribution is 2.27. The molecular weight excluding hydrogens is 390 g/mol. The minimum absolute atomic E-state index is 0.00244. The molecule has 0 spiro atoms. The molecule has 1 aromatic carbocycles. The average Bonchev–Trinajstić information content (AvgIpc) is 2.73. The van der Waals surface area contributed by atoms with Gasteiger partial charge in [0.05, 0.1) is 28.4 Å². The second-order valence-electron chi connectivity index (χ2n) is 7.47. The van der Waals surface area contributed by atoms with Crippen LogP contribution in [0.1, 0.15) is 38.3 Å². The molecule has 2 heterocycles. The zero-order valence-electron chi connectivity index (χ0n) is 16.8. The Bertz CT molecular complexity index is 1090. The number of hydrogen-bond acceptors (Lipinski definition) is 6. The van der Waals surface area contributed by atoms with Crippen LogP contribution in [0.4, 0.5) is 5.69 Å². The summed E-state index contributed by atoms with van der Waals surface area (Å²) in [5.74, 6) is 0. The molecule has 29 heavy (non-hydrogen) atoms. The van der Waals surface area contributed by atoms with Gasteiger partial charge in [0, 0.05) is 32.2 Å². The molecule has 1 aliphatic heterocycles.